The zero-order valence-corrected chi connectivity index (χ0v) is 10.4. The maximum atomic E-state index is 13.9. The van der Waals surface area contributed by atoms with Crippen molar-refractivity contribution in [1.82, 2.24) is 0 Å². The molecule has 0 aromatic carbocycles. The number of hydrogen-bond donors (Lipinski definition) is 0. The molecule has 0 aromatic heterocycles. The molecule has 0 saturated carbocycles. The molecule has 0 aliphatic carbocycles. The van der Waals surface area contributed by atoms with Gasteiger partial charge in [0.2, 0.25) is 17.8 Å². The molecule has 0 heterocycles. The summed E-state index contributed by atoms with van der Waals surface area (Å²) in [5, 5.41) is 0. The van der Waals surface area contributed by atoms with E-state index in [-0.39, 0.29) is 0 Å². The maximum Gasteiger partial charge on any atom is 0.460 e. The van der Waals surface area contributed by atoms with Crippen LogP contribution in [-0.2, 0) is 9.59 Å². The van der Waals surface area contributed by atoms with Crippen LogP contribution in [0.2, 0.25) is 0 Å². The molecule has 0 atom stereocenters. The molecule has 0 aromatic rings. The zero-order valence-electron chi connectivity index (χ0n) is 10.4. The SMILES string of the molecule is O=C=NCC(F)(CN=C=O)C(F)(F)C(F)(F)C(F)(F)C(F)(F)F. The molecule has 0 bridgehead atoms. The highest BCUT2D eigenvalue weighted by molar-refractivity contribution is 5.35. The third-order valence-electron chi connectivity index (χ3n) is 2.50. The summed E-state index contributed by atoms with van der Waals surface area (Å²) in [6.45, 7) is -4.61. The molecule has 0 fully saturated rings. The minimum Gasteiger partial charge on any atom is -0.233 e. The molecule has 0 aliphatic heterocycles. The van der Waals surface area contributed by atoms with Crippen LogP contribution >= 0.6 is 0 Å². The second-order valence-electron chi connectivity index (χ2n) is 4.00. The molecule has 0 rings (SSSR count). The Bertz CT molecular complexity index is 511. The van der Waals surface area contributed by atoms with Gasteiger partial charge in [0, 0.05) is 0 Å². The van der Waals surface area contributed by atoms with Crippen molar-refractivity contribution < 1.29 is 53.5 Å². The third kappa shape index (κ3) is 3.37. The summed E-state index contributed by atoms with van der Waals surface area (Å²) in [7, 11) is 0. The molecular formula is C9H4F10N2O2. The molecule has 0 unspecified atom stereocenters. The van der Waals surface area contributed by atoms with Crippen LogP contribution in [0.15, 0.2) is 9.98 Å². The van der Waals surface area contributed by atoms with E-state index in [9.17, 15) is 53.5 Å². The maximum absolute atomic E-state index is 13.9. The van der Waals surface area contributed by atoms with Gasteiger partial charge in [-0.25, -0.2) is 24.0 Å². The topological polar surface area (TPSA) is 58.9 Å². The Hall–Kier alpha value is -1.94. The van der Waals surface area contributed by atoms with Crippen molar-refractivity contribution in [3.63, 3.8) is 0 Å². The lowest BCUT2D eigenvalue weighted by Gasteiger charge is -2.39. The Balaban J connectivity index is 6.22. The van der Waals surface area contributed by atoms with E-state index < -0.39 is 42.7 Å². The second kappa shape index (κ2) is 6.28. The van der Waals surface area contributed by atoms with Gasteiger partial charge in [-0.05, 0) is 0 Å². The lowest BCUT2D eigenvalue weighted by molar-refractivity contribution is -0.410. The fourth-order valence-electron chi connectivity index (χ4n) is 1.22. The molecule has 0 spiro atoms. The van der Waals surface area contributed by atoms with Gasteiger partial charge in [0.25, 0.3) is 0 Å². The van der Waals surface area contributed by atoms with E-state index in [1.54, 1.807) is 0 Å². The van der Waals surface area contributed by atoms with E-state index >= 15 is 0 Å². The number of hydrogen-bond acceptors (Lipinski definition) is 4. The predicted molar refractivity (Wildman–Crippen MR) is 50.7 cm³/mol. The molecule has 0 radical (unpaired) electrons. The lowest BCUT2D eigenvalue weighted by Crippen LogP contribution is -2.69. The van der Waals surface area contributed by atoms with Crippen LogP contribution in [0.25, 0.3) is 0 Å². The lowest BCUT2D eigenvalue weighted by atomic mass is 9.88. The molecule has 14 heteroatoms. The second-order valence-corrected chi connectivity index (χ2v) is 4.00. The van der Waals surface area contributed by atoms with E-state index in [0.717, 1.165) is 0 Å². The minimum atomic E-state index is -7.34. The van der Waals surface area contributed by atoms with Crippen LogP contribution in [-0.4, -0.2) is 54.9 Å². The molecule has 23 heavy (non-hydrogen) atoms. The van der Waals surface area contributed by atoms with E-state index in [0.29, 0.717) is 12.2 Å². The number of nitrogens with zero attached hydrogens (tertiary/aromatic N) is 2. The monoisotopic (exact) mass is 362 g/mol. The highest BCUT2D eigenvalue weighted by Crippen LogP contribution is 2.56. The summed E-state index contributed by atoms with van der Waals surface area (Å²) in [5.41, 5.74) is -5.01. The summed E-state index contributed by atoms with van der Waals surface area (Å²) in [6, 6.07) is 0. The quantitative estimate of drug-likeness (QED) is 0.397. The van der Waals surface area contributed by atoms with Crippen molar-refractivity contribution in [2.45, 2.75) is 29.6 Å². The summed E-state index contributed by atoms with van der Waals surface area (Å²) < 4.78 is 128. The fourth-order valence-corrected chi connectivity index (χ4v) is 1.22. The van der Waals surface area contributed by atoms with Crippen LogP contribution in [0.4, 0.5) is 43.9 Å². The Morgan fingerprint density at radius 2 is 0.957 bits per heavy atom. The predicted octanol–water partition coefficient (Wildman–Crippen LogP) is 2.83. The van der Waals surface area contributed by atoms with Gasteiger partial charge in [-0.2, -0.15) is 39.5 Å². The fraction of sp³-hybridized carbons (Fsp3) is 0.778. The summed E-state index contributed by atoms with van der Waals surface area (Å²) in [4.78, 5) is 23.7. The van der Waals surface area contributed by atoms with Gasteiger partial charge in [-0.15, -0.1) is 0 Å². The highest BCUT2D eigenvalue weighted by Gasteiger charge is 2.86. The Morgan fingerprint density at radius 1 is 0.609 bits per heavy atom. The standard InChI is InChI=1S/C9H4F10N2O2/c10-5(1-20-3-22,2-21-4-23)6(11,12)7(13,14)8(15,16)9(17,18)19/h1-2H2. The van der Waals surface area contributed by atoms with E-state index in [2.05, 4.69) is 9.98 Å². The average Bonchev–Trinajstić information content (AvgIpc) is 2.40. The highest BCUT2D eigenvalue weighted by atomic mass is 19.4. The Morgan fingerprint density at radius 3 is 1.22 bits per heavy atom. The number of rotatable bonds is 7. The van der Waals surface area contributed by atoms with Crippen LogP contribution in [0.3, 0.4) is 0 Å². The van der Waals surface area contributed by atoms with Gasteiger partial charge in [0.05, 0.1) is 13.1 Å². The molecule has 132 valence electrons. The average molecular weight is 362 g/mol. The van der Waals surface area contributed by atoms with Gasteiger partial charge < -0.3 is 0 Å². The first kappa shape index (κ1) is 21.1. The van der Waals surface area contributed by atoms with Crippen molar-refractivity contribution in [2.24, 2.45) is 9.98 Å². The van der Waals surface area contributed by atoms with Crippen molar-refractivity contribution >= 4 is 12.2 Å². The minimum absolute atomic E-state index is 0.399. The van der Waals surface area contributed by atoms with E-state index in [4.69, 9.17) is 0 Å². The zero-order chi connectivity index (χ0) is 18.7. The molecule has 0 aliphatic rings. The van der Waals surface area contributed by atoms with Crippen molar-refractivity contribution in [2.75, 3.05) is 13.1 Å². The molecule has 0 amide bonds. The van der Waals surface area contributed by atoms with Crippen LogP contribution in [0.1, 0.15) is 0 Å². The largest absolute Gasteiger partial charge is 0.460 e. The summed E-state index contributed by atoms with van der Waals surface area (Å²) in [6.07, 6.45) is -6.35. The Kier molecular flexibility index (Phi) is 5.75. The van der Waals surface area contributed by atoms with Gasteiger partial charge in [-0.3, -0.25) is 0 Å². The first-order valence-electron chi connectivity index (χ1n) is 5.08. The van der Waals surface area contributed by atoms with Crippen LogP contribution < -0.4 is 0 Å². The van der Waals surface area contributed by atoms with Gasteiger partial charge >= 0.3 is 23.9 Å². The number of halogens is 10. The Labute approximate surface area is 119 Å². The molecule has 0 N–H and O–H groups in total. The molecule has 0 saturated heterocycles. The summed E-state index contributed by atoms with van der Waals surface area (Å²) >= 11 is 0. The van der Waals surface area contributed by atoms with Crippen molar-refractivity contribution in [3.05, 3.63) is 0 Å². The normalized spacial score (nSPS) is 16.1. The van der Waals surface area contributed by atoms with Crippen LogP contribution in [0.5, 0.6) is 0 Å². The van der Waals surface area contributed by atoms with Crippen molar-refractivity contribution in [3.8, 4) is 0 Å². The van der Waals surface area contributed by atoms with E-state index in [1.165, 1.54) is 0 Å². The van der Waals surface area contributed by atoms with E-state index in [1.807, 2.05) is 0 Å². The molecular weight excluding hydrogens is 358 g/mol. The number of isocyanates is 2. The number of alkyl halides is 10. The first-order chi connectivity index (χ1) is 10.1. The summed E-state index contributed by atoms with van der Waals surface area (Å²) in [5.74, 6) is -21.3. The van der Waals surface area contributed by atoms with Crippen LogP contribution in [0, 0.1) is 0 Å². The van der Waals surface area contributed by atoms with Gasteiger partial charge in [-0.1, -0.05) is 0 Å². The third-order valence-corrected chi connectivity index (χ3v) is 2.50. The van der Waals surface area contributed by atoms with Gasteiger partial charge in [0.15, 0.2) is 0 Å². The number of carbonyl (C=O) groups excluding carboxylic acids is 2. The van der Waals surface area contributed by atoms with Crippen molar-refractivity contribution in [1.29, 1.82) is 0 Å². The smallest absolute Gasteiger partial charge is 0.233 e. The molecule has 4 nitrogen and oxygen atoms in total. The first-order valence-corrected chi connectivity index (χ1v) is 5.08. The number of aliphatic imine (C=N–C) groups is 2. The van der Waals surface area contributed by atoms with Gasteiger partial charge in [0.1, 0.15) is 0 Å².